The second-order valence-corrected chi connectivity index (χ2v) is 5.37. The molecule has 2 aliphatic carbocycles. The van der Waals surface area contributed by atoms with E-state index in [4.69, 9.17) is 0 Å². The Hall–Kier alpha value is -0.370. The van der Waals surface area contributed by atoms with E-state index in [1.807, 2.05) is 0 Å². The van der Waals surface area contributed by atoms with Crippen molar-refractivity contribution in [1.29, 1.82) is 0 Å². The fourth-order valence-corrected chi connectivity index (χ4v) is 3.08. The van der Waals surface area contributed by atoms with Gasteiger partial charge in [-0.3, -0.25) is 4.79 Å². The van der Waals surface area contributed by atoms with E-state index in [2.05, 4.69) is 0 Å². The van der Waals surface area contributed by atoms with Crippen LogP contribution in [0.1, 0.15) is 64.2 Å². The normalized spacial score (nSPS) is 26.7. The van der Waals surface area contributed by atoms with Gasteiger partial charge in [0.2, 0.25) is 0 Å². The molecule has 2 heteroatoms. The van der Waals surface area contributed by atoms with Gasteiger partial charge in [-0.2, -0.15) is 0 Å². The van der Waals surface area contributed by atoms with Crippen LogP contribution >= 0.6 is 0 Å². The van der Waals surface area contributed by atoms with Crippen LogP contribution < -0.4 is 0 Å². The lowest BCUT2D eigenvalue weighted by Gasteiger charge is -2.26. The third-order valence-corrected chi connectivity index (χ3v) is 4.15. The van der Waals surface area contributed by atoms with Crippen LogP contribution in [0.15, 0.2) is 0 Å². The SMILES string of the molecule is O=C(CC1CCCCC1)C1(O)CCCC1. The number of aliphatic hydroxyl groups is 1. The van der Waals surface area contributed by atoms with E-state index in [0.717, 1.165) is 12.8 Å². The number of rotatable bonds is 3. The highest BCUT2D eigenvalue weighted by Crippen LogP contribution is 2.34. The molecule has 0 aliphatic heterocycles. The van der Waals surface area contributed by atoms with Gasteiger partial charge in [0.15, 0.2) is 5.78 Å². The van der Waals surface area contributed by atoms with Gasteiger partial charge in [-0.1, -0.05) is 32.1 Å². The molecule has 0 aromatic rings. The first-order valence-electron chi connectivity index (χ1n) is 6.46. The van der Waals surface area contributed by atoms with Gasteiger partial charge < -0.3 is 5.11 Å². The number of carbonyl (C=O) groups excluding carboxylic acids is 1. The molecule has 0 bridgehead atoms. The molecular formula is C13H22O2. The molecule has 0 heterocycles. The van der Waals surface area contributed by atoms with E-state index in [1.54, 1.807) is 0 Å². The van der Waals surface area contributed by atoms with Crippen molar-refractivity contribution in [2.45, 2.75) is 69.8 Å². The fraction of sp³-hybridized carbons (Fsp3) is 0.923. The van der Waals surface area contributed by atoms with Crippen molar-refractivity contribution in [2.75, 3.05) is 0 Å². The quantitative estimate of drug-likeness (QED) is 0.777. The first kappa shape index (κ1) is 11.1. The summed E-state index contributed by atoms with van der Waals surface area (Å²) in [5.74, 6) is 0.697. The van der Waals surface area contributed by atoms with E-state index < -0.39 is 5.60 Å². The summed E-state index contributed by atoms with van der Waals surface area (Å²) in [6.45, 7) is 0. The number of carbonyl (C=O) groups is 1. The Labute approximate surface area is 92.1 Å². The Kier molecular flexibility index (Phi) is 3.45. The third kappa shape index (κ3) is 2.60. The summed E-state index contributed by atoms with van der Waals surface area (Å²) >= 11 is 0. The summed E-state index contributed by atoms with van der Waals surface area (Å²) < 4.78 is 0. The van der Waals surface area contributed by atoms with Gasteiger partial charge in [0, 0.05) is 6.42 Å². The van der Waals surface area contributed by atoms with Crippen molar-refractivity contribution in [1.82, 2.24) is 0 Å². The average Bonchev–Trinajstić information content (AvgIpc) is 2.68. The van der Waals surface area contributed by atoms with Crippen molar-refractivity contribution in [3.05, 3.63) is 0 Å². The largest absolute Gasteiger partial charge is 0.382 e. The van der Waals surface area contributed by atoms with Crippen LogP contribution in [0.4, 0.5) is 0 Å². The Bertz CT molecular complexity index is 223. The Morgan fingerprint density at radius 1 is 1.07 bits per heavy atom. The molecule has 2 nitrogen and oxygen atoms in total. The molecule has 0 unspecified atom stereocenters. The van der Waals surface area contributed by atoms with Crippen LogP contribution in [0.3, 0.4) is 0 Å². The zero-order valence-electron chi connectivity index (χ0n) is 9.50. The maximum Gasteiger partial charge on any atom is 0.164 e. The van der Waals surface area contributed by atoms with E-state index in [9.17, 15) is 9.90 Å². The molecule has 1 N–H and O–H groups in total. The molecule has 15 heavy (non-hydrogen) atoms. The summed E-state index contributed by atoms with van der Waals surface area (Å²) in [5.41, 5.74) is -0.933. The van der Waals surface area contributed by atoms with Gasteiger partial charge in [-0.15, -0.1) is 0 Å². The van der Waals surface area contributed by atoms with Crippen LogP contribution in [0, 0.1) is 5.92 Å². The summed E-state index contributed by atoms with van der Waals surface area (Å²) in [6.07, 6.45) is 10.4. The molecule has 86 valence electrons. The first-order valence-corrected chi connectivity index (χ1v) is 6.46. The Morgan fingerprint density at radius 3 is 2.27 bits per heavy atom. The zero-order valence-corrected chi connectivity index (χ0v) is 9.50. The fourth-order valence-electron chi connectivity index (χ4n) is 3.08. The molecule has 2 aliphatic rings. The molecule has 0 aromatic carbocycles. The van der Waals surface area contributed by atoms with Crippen molar-refractivity contribution < 1.29 is 9.90 Å². The van der Waals surface area contributed by atoms with Crippen LogP contribution in [0.2, 0.25) is 0 Å². The number of hydrogen-bond acceptors (Lipinski definition) is 2. The highest BCUT2D eigenvalue weighted by Gasteiger charge is 2.39. The van der Waals surface area contributed by atoms with Crippen molar-refractivity contribution in [3.8, 4) is 0 Å². The minimum absolute atomic E-state index is 0.131. The van der Waals surface area contributed by atoms with Crippen molar-refractivity contribution in [3.63, 3.8) is 0 Å². The molecule has 2 rings (SSSR count). The Balaban J connectivity index is 1.85. The molecule has 0 aromatic heterocycles. The van der Waals surface area contributed by atoms with Gasteiger partial charge in [0.1, 0.15) is 5.60 Å². The highest BCUT2D eigenvalue weighted by atomic mass is 16.3. The predicted molar refractivity (Wildman–Crippen MR) is 59.6 cm³/mol. The minimum atomic E-state index is -0.933. The van der Waals surface area contributed by atoms with Crippen LogP contribution in [-0.2, 0) is 4.79 Å². The van der Waals surface area contributed by atoms with Crippen molar-refractivity contribution in [2.24, 2.45) is 5.92 Å². The maximum atomic E-state index is 12.0. The van der Waals surface area contributed by atoms with Crippen molar-refractivity contribution >= 4 is 5.78 Å². The summed E-state index contributed by atoms with van der Waals surface area (Å²) in [5, 5.41) is 10.1. The van der Waals surface area contributed by atoms with Gasteiger partial charge in [-0.25, -0.2) is 0 Å². The molecule has 0 spiro atoms. The molecule has 2 fully saturated rings. The van der Waals surface area contributed by atoms with E-state index in [1.165, 1.54) is 32.1 Å². The van der Waals surface area contributed by atoms with Crippen LogP contribution in [0.25, 0.3) is 0 Å². The van der Waals surface area contributed by atoms with Gasteiger partial charge in [0.05, 0.1) is 0 Å². The number of hydrogen-bond donors (Lipinski definition) is 1. The molecule has 0 atom stereocenters. The van der Waals surface area contributed by atoms with E-state index in [0.29, 0.717) is 25.2 Å². The van der Waals surface area contributed by atoms with Gasteiger partial charge >= 0.3 is 0 Å². The lowest BCUT2D eigenvalue weighted by molar-refractivity contribution is -0.138. The average molecular weight is 210 g/mol. The van der Waals surface area contributed by atoms with Crippen LogP contribution in [-0.4, -0.2) is 16.5 Å². The lowest BCUT2D eigenvalue weighted by Crippen LogP contribution is -2.36. The lowest BCUT2D eigenvalue weighted by atomic mass is 9.82. The monoisotopic (exact) mass is 210 g/mol. The zero-order chi connectivity index (χ0) is 10.7. The smallest absolute Gasteiger partial charge is 0.164 e. The summed E-state index contributed by atoms with van der Waals surface area (Å²) in [4.78, 5) is 12.0. The topological polar surface area (TPSA) is 37.3 Å². The van der Waals surface area contributed by atoms with E-state index >= 15 is 0 Å². The summed E-state index contributed by atoms with van der Waals surface area (Å²) in [7, 11) is 0. The Morgan fingerprint density at radius 2 is 1.67 bits per heavy atom. The standard InChI is InChI=1S/C13H22O2/c14-12(13(15)8-4-5-9-13)10-11-6-2-1-3-7-11/h11,15H,1-10H2. The number of Topliss-reactive ketones (excluding diaryl/α,β-unsaturated/α-hetero) is 1. The highest BCUT2D eigenvalue weighted by molar-refractivity contribution is 5.87. The van der Waals surface area contributed by atoms with Crippen LogP contribution in [0.5, 0.6) is 0 Å². The van der Waals surface area contributed by atoms with Gasteiger partial charge in [-0.05, 0) is 31.6 Å². The predicted octanol–water partition coefficient (Wildman–Crippen LogP) is 2.83. The molecule has 2 saturated carbocycles. The molecule has 0 amide bonds. The first-order chi connectivity index (χ1) is 7.21. The minimum Gasteiger partial charge on any atom is -0.382 e. The van der Waals surface area contributed by atoms with Gasteiger partial charge in [0.25, 0.3) is 0 Å². The molecular weight excluding hydrogens is 188 g/mol. The molecule has 0 radical (unpaired) electrons. The second kappa shape index (κ2) is 4.65. The third-order valence-electron chi connectivity index (χ3n) is 4.15. The van der Waals surface area contributed by atoms with E-state index in [-0.39, 0.29) is 5.78 Å². The number of ketones is 1. The molecule has 0 saturated heterocycles. The summed E-state index contributed by atoms with van der Waals surface area (Å²) in [6, 6.07) is 0. The second-order valence-electron chi connectivity index (χ2n) is 5.37. The maximum absolute atomic E-state index is 12.0.